The number of nitrogens with zero attached hydrogens (tertiary/aromatic N) is 2. The second-order valence-electron chi connectivity index (χ2n) is 6.37. The highest BCUT2D eigenvalue weighted by molar-refractivity contribution is 7.89. The number of amides is 1. The Morgan fingerprint density at radius 1 is 1.11 bits per heavy atom. The second kappa shape index (κ2) is 8.26. The lowest BCUT2D eigenvalue weighted by Gasteiger charge is -2.26. The number of nitro groups is 1. The van der Waals surface area contributed by atoms with Crippen LogP contribution in [0.15, 0.2) is 47.4 Å². The molecular formula is C18H18ClN3O5S. The standard InChI is InChI=1S/C18H18ClN3O5S/c19-16-8-7-14(12-17(16)22(24)25)20-18(23)13-5-4-6-15(11-13)28(26,27)21-9-2-1-3-10-21/h4-8,11-12H,1-3,9-10H2,(H,20,23). The summed E-state index contributed by atoms with van der Waals surface area (Å²) < 4.78 is 27.0. The van der Waals surface area contributed by atoms with E-state index in [9.17, 15) is 23.3 Å². The summed E-state index contributed by atoms with van der Waals surface area (Å²) in [5.41, 5.74) is -0.0121. The molecule has 10 heteroatoms. The van der Waals surface area contributed by atoms with E-state index in [0.717, 1.165) is 25.3 Å². The first-order valence-electron chi connectivity index (χ1n) is 8.64. The molecule has 2 aromatic rings. The summed E-state index contributed by atoms with van der Waals surface area (Å²) in [6, 6.07) is 9.63. The number of sulfonamides is 1. The number of rotatable bonds is 5. The maximum absolute atomic E-state index is 12.8. The predicted molar refractivity (Wildman–Crippen MR) is 105 cm³/mol. The van der Waals surface area contributed by atoms with Gasteiger partial charge in [-0.2, -0.15) is 4.31 Å². The molecule has 0 saturated carbocycles. The summed E-state index contributed by atoms with van der Waals surface area (Å²) in [4.78, 5) is 22.9. The largest absolute Gasteiger partial charge is 0.322 e. The van der Waals surface area contributed by atoms with Crippen LogP contribution in [0.3, 0.4) is 0 Å². The zero-order chi connectivity index (χ0) is 20.3. The molecule has 28 heavy (non-hydrogen) atoms. The third-order valence-electron chi connectivity index (χ3n) is 4.45. The van der Waals surface area contributed by atoms with Gasteiger partial charge in [0.25, 0.3) is 11.6 Å². The highest BCUT2D eigenvalue weighted by Gasteiger charge is 2.26. The van der Waals surface area contributed by atoms with E-state index in [1.54, 1.807) is 0 Å². The van der Waals surface area contributed by atoms with Crippen LogP contribution in [-0.2, 0) is 10.0 Å². The molecule has 1 fully saturated rings. The van der Waals surface area contributed by atoms with Crippen LogP contribution in [0.4, 0.5) is 11.4 Å². The minimum absolute atomic E-state index is 0.0439. The molecule has 0 aliphatic carbocycles. The number of nitrogens with one attached hydrogen (secondary N) is 1. The molecule has 8 nitrogen and oxygen atoms in total. The number of hydrogen-bond acceptors (Lipinski definition) is 5. The molecule has 3 rings (SSSR count). The van der Waals surface area contributed by atoms with Crippen molar-refractivity contribution < 1.29 is 18.1 Å². The first-order chi connectivity index (χ1) is 13.3. The van der Waals surface area contributed by atoms with E-state index in [4.69, 9.17) is 11.6 Å². The molecule has 148 valence electrons. The molecule has 1 saturated heterocycles. The molecule has 1 aliphatic heterocycles. The fourth-order valence-corrected chi connectivity index (χ4v) is 4.74. The van der Waals surface area contributed by atoms with E-state index >= 15 is 0 Å². The predicted octanol–water partition coefficient (Wildman–Crippen LogP) is 3.68. The van der Waals surface area contributed by atoms with Crippen molar-refractivity contribution >= 4 is 38.9 Å². The Morgan fingerprint density at radius 2 is 1.82 bits per heavy atom. The Bertz CT molecular complexity index is 1020. The number of carbonyl (C=O) groups is 1. The molecule has 0 aromatic heterocycles. The maximum Gasteiger partial charge on any atom is 0.289 e. The number of benzene rings is 2. The monoisotopic (exact) mass is 423 g/mol. The van der Waals surface area contributed by atoms with Gasteiger partial charge in [0.05, 0.1) is 9.82 Å². The minimum Gasteiger partial charge on any atom is -0.322 e. The second-order valence-corrected chi connectivity index (χ2v) is 8.72. The Morgan fingerprint density at radius 3 is 2.50 bits per heavy atom. The fourth-order valence-electron chi connectivity index (χ4n) is 2.99. The summed E-state index contributed by atoms with van der Waals surface area (Å²) in [7, 11) is -3.67. The van der Waals surface area contributed by atoms with Gasteiger partial charge in [-0.3, -0.25) is 14.9 Å². The number of hydrogen-bond donors (Lipinski definition) is 1. The molecule has 1 N–H and O–H groups in total. The van der Waals surface area contributed by atoms with E-state index in [1.165, 1.54) is 40.7 Å². The summed E-state index contributed by atoms with van der Waals surface area (Å²) in [6.45, 7) is 0.931. The first-order valence-corrected chi connectivity index (χ1v) is 10.5. The van der Waals surface area contributed by atoms with E-state index < -0.39 is 20.9 Å². The molecule has 1 amide bonds. The first kappa shape index (κ1) is 20.2. The molecule has 0 bridgehead atoms. The van der Waals surface area contributed by atoms with Crippen molar-refractivity contribution in [2.24, 2.45) is 0 Å². The van der Waals surface area contributed by atoms with Gasteiger partial charge in [-0.1, -0.05) is 24.1 Å². The molecule has 2 aromatic carbocycles. The highest BCUT2D eigenvalue weighted by Crippen LogP contribution is 2.28. The van der Waals surface area contributed by atoms with Crippen LogP contribution in [0.25, 0.3) is 0 Å². The van der Waals surface area contributed by atoms with Crippen molar-refractivity contribution in [1.82, 2.24) is 4.31 Å². The van der Waals surface area contributed by atoms with E-state index in [1.807, 2.05) is 0 Å². The summed E-state index contributed by atoms with van der Waals surface area (Å²) in [5, 5.41) is 13.5. The van der Waals surface area contributed by atoms with Crippen LogP contribution in [0.5, 0.6) is 0 Å². The van der Waals surface area contributed by atoms with Crippen LogP contribution < -0.4 is 5.32 Å². The Kier molecular flexibility index (Phi) is 5.97. The molecular weight excluding hydrogens is 406 g/mol. The van der Waals surface area contributed by atoms with Gasteiger partial charge in [-0.25, -0.2) is 8.42 Å². The Hall–Kier alpha value is -2.49. The number of nitro benzene ring substituents is 1. The lowest BCUT2D eigenvalue weighted by molar-refractivity contribution is -0.384. The molecule has 0 atom stereocenters. The van der Waals surface area contributed by atoms with Crippen LogP contribution in [-0.4, -0.2) is 36.6 Å². The van der Waals surface area contributed by atoms with Crippen LogP contribution in [0.1, 0.15) is 29.6 Å². The van der Waals surface area contributed by atoms with Crippen molar-refractivity contribution in [3.63, 3.8) is 0 Å². The van der Waals surface area contributed by atoms with Crippen LogP contribution in [0, 0.1) is 10.1 Å². The minimum atomic E-state index is -3.67. The van der Waals surface area contributed by atoms with E-state index in [0.29, 0.717) is 13.1 Å². The van der Waals surface area contributed by atoms with E-state index in [2.05, 4.69) is 5.32 Å². The third-order valence-corrected chi connectivity index (χ3v) is 6.66. The maximum atomic E-state index is 12.8. The summed E-state index contributed by atoms with van der Waals surface area (Å²) in [5.74, 6) is -0.577. The number of piperidine rings is 1. The lowest BCUT2D eigenvalue weighted by atomic mass is 10.2. The van der Waals surface area contributed by atoms with Crippen molar-refractivity contribution in [3.8, 4) is 0 Å². The van der Waals surface area contributed by atoms with Crippen LogP contribution in [0.2, 0.25) is 5.02 Å². The fraction of sp³-hybridized carbons (Fsp3) is 0.278. The normalized spacial score (nSPS) is 15.2. The highest BCUT2D eigenvalue weighted by atomic mass is 35.5. The Labute approximate surface area is 167 Å². The summed E-state index contributed by atoms with van der Waals surface area (Å²) >= 11 is 5.76. The zero-order valence-electron chi connectivity index (χ0n) is 14.8. The van der Waals surface area contributed by atoms with Crippen molar-refractivity contribution in [2.45, 2.75) is 24.2 Å². The SMILES string of the molecule is O=C(Nc1ccc(Cl)c([N+](=O)[O-])c1)c1cccc(S(=O)(=O)N2CCCCC2)c1. The zero-order valence-corrected chi connectivity index (χ0v) is 16.4. The smallest absolute Gasteiger partial charge is 0.289 e. The van der Waals surface area contributed by atoms with Crippen molar-refractivity contribution in [2.75, 3.05) is 18.4 Å². The van der Waals surface area contributed by atoms with Gasteiger partial charge in [-0.05, 0) is 43.2 Å². The Balaban J connectivity index is 1.83. The number of anilines is 1. The number of halogens is 1. The van der Waals surface area contributed by atoms with Gasteiger partial charge in [0.15, 0.2) is 0 Å². The lowest BCUT2D eigenvalue weighted by Crippen LogP contribution is -2.35. The van der Waals surface area contributed by atoms with Gasteiger partial charge in [0.1, 0.15) is 5.02 Å². The van der Waals surface area contributed by atoms with Crippen molar-refractivity contribution in [1.29, 1.82) is 0 Å². The third kappa shape index (κ3) is 4.32. The average molecular weight is 424 g/mol. The summed E-state index contributed by atoms with van der Waals surface area (Å²) in [6.07, 6.45) is 2.63. The average Bonchev–Trinajstić information content (AvgIpc) is 2.70. The van der Waals surface area contributed by atoms with Gasteiger partial charge in [-0.15, -0.1) is 0 Å². The van der Waals surface area contributed by atoms with Crippen LogP contribution >= 0.6 is 11.6 Å². The quantitative estimate of drug-likeness (QED) is 0.582. The molecule has 1 aliphatic rings. The van der Waals surface area contributed by atoms with Crippen molar-refractivity contribution in [3.05, 3.63) is 63.2 Å². The molecule has 1 heterocycles. The topological polar surface area (TPSA) is 110 Å². The molecule has 0 radical (unpaired) electrons. The van der Waals surface area contributed by atoms with E-state index in [-0.39, 0.29) is 26.9 Å². The molecule has 0 spiro atoms. The van der Waals surface area contributed by atoms with Gasteiger partial charge in [0.2, 0.25) is 10.0 Å². The van der Waals surface area contributed by atoms with Gasteiger partial charge in [0, 0.05) is 30.4 Å². The number of carbonyl (C=O) groups excluding carboxylic acids is 1. The molecule has 0 unspecified atom stereocenters. The van der Waals surface area contributed by atoms with Gasteiger partial charge < -0.3 is 5.32 Å². The van der Waals surface area contributed by atoms with Gasteiger partial charge >= 0.3 is 0 Å².